The molecule has 0 aliphatic rings. The molecular formula is C8H7NO3S. The summed E-state index contributed by atoms with van der Waals surface area (Å²) in [6, 6.07) is 0. The van der Waals surface area contributed by atoms with Crippen LogP contribution in [0.3, 0.4) is 0 Å². The van der Waals surface area contributed by atoms with Gasteiger partial charge in [-0.2, -0.15) is 11.3 Å². The van der Waals surface area contributed by atoms with Gasteiger partial charge in [-0.15, -0.1) is 0 Å². The monoisotopic (exact) mass is 197 g/mol. The number of carboxylic acids is 1. The first kappa shape index (κ1) is 9.47. The maximum atomic E-state index is 10.6. The van der Waals surface area contributed by atoms with Crippen LogP contribution in [0.15, 0.2) is 16.8 Å². The van der Waals surface area contributed by atoms with Crippen molar-refractivity contribution in [2.75, 3.05) is 0 Å². The van der Waals surface area contributed by atoms with Gasteiger partial charge in [-0.1, -0.05) is 0 Å². The summed E-state index contributed by atoms with van der Waals surface area (Å²) < 4.78 is 0. The number of amides is 1. The molecule has 0 atom stereocenters. The van der Waals surface area contributed by atoms with E-state index in [-0.39, 0.29) is 5.56 Å². The van der Waals surface area contributed by atoms with Crippen LogP contribution >= 0.6 is 11.3 Å². The molecule has 5 heteroatoms. The van der Waals surface area contributed by atoms with Gasteiger partial charge in [0.2, 0.25) is 5.91 Å². The number of carbonyl (C=O) groups excluding carboxylic acids is 1. The first-order valence-electron chi connectivity index (χ1n) is 3.38. The molecule has 0 spiro atoms. The summed E-state index contributed by atoms with van der Waals surface area (Å²) >= 11 is 1.26. The number of primary amides is 1. The molecule has 0 saturated heterocycles. The largest absolute Gasteiger partial charge is 0.478 e. The van der Waals surface area contributed by atoms with Crippen LogP contribution in [0.25, 0.3) is 6.08 Å². The highest BCUT2D eigenvalue weighted by atomic mass is 32.1. The molecule has 0 aliphatic carbocycles. The summed E-state index contributed by atoms with van der Waals surface area (Å²) in [6.45, 7) is 0. The summed E-state index contributed by atoms with van der Waals surface area (Å²) in [5.74, 6) is -1.60. The molecule has 0 aromatic carbocycles. The lowest BCUT2D eigenvalue weighted by Gasteiger charge is -1.90. The second-order valence-corrected chi connectivity index (χ2v) is 3.03. The normalized spacial score (nSPS) is 10.5. The molecule has 4 nitrogen and oxygen atoms in total. The Labute approximate surface area is 78.3 Å². The van der Waals surface area contributed by atoms with Crippen molar-refractivity contribution in [1.82, 2.24) is 0 Å². The summed E-state index contributed by atoms with van der Waals surface area (Å²) in [6.07, 6.45) is 2.52. The van der Waals surface area contributed by atoms with Gasteiger partial charge in [0, 0.05) is 11.5 Å². The minimum Gasteiger partial charge on any atom is -0.478 e. The van der Waals surface area contributed by atoms with Gasteiger partial charge in [0.15, 0.2) is 0 Å². The molecule has 0 bridgehead atoms. The maximum absolute atomic E-state index is 10.6. The summed E-state index contributed by atoms with van der Waals surface area (Å²) in [5.41, 5.74) is 5.54. The number of rotatable bonds is 3. The molecule has 0 saturated carbocycles. The van der Waals surface area contributed by atoms with Gasteiger partial charge in [0.1, 0.15) is 0 Å². The van der Waals surface area contributed by atoms with Crippen molar-refractivity contribution in [3.05, 3.63) is 28.0 Å². The van der Waals surface area contributed by atoms with E-state index in [0.717, 1.165) is 6.08 Å². The van der Waals surface area contributed by atoms with E-state index in [4.69, 9.17) is 10.8 Å². The van der Waals surface area contributed by atoms with Crippen LogP contribution in [0.5, 0.6) is 0 Å². The molecular weight excluding hydrogens is 190 g/mol. The SMILES string of the molecule is NC(=O)C=Cc1cscc1C(=O)O. The molecule has 13 heavy (non-hydrogen) atoms. The Balaban J connectivity index is 2.95. The zero-order valence-electron chi connectivity index (χ0n) is 6.56. The van der Waals surface area contributed by atoms with Gasteiger partial charge < -0.3 is 10.8 Å². The number of aromatic carboxylic acids is 1. The predicted molar refractivity (Wildman–Crippen MR) is 49.5 cm³/mol. The Morgan fingerprint density at radius 2 is 2.15 bits per heavy atom. The van der Waals surface area contributed by atoms with E-state index >= 15 is 0 Å². The Morgan fingerprint density at radius 1 is 1.46 bits per heavy atom. The van der Waals surface area contributed by atoms with Gasteiger partial charge >= 0.3 is 5.97 Å². The predicted octanol–water partition coefficient (Wildman–Crippen LogP) is 0.945. The molecule has 0 aliphatic heterocycles. The van der Waals surface area contributed by atoms with Crippen LogP contribution in [-0.2, 0) is 4.79 Å². The molecule has 1 amide bonds. The number of hydrogen-bond acceptors (Lipinski definition) is 3. The molecule has 1 rings (SSSR count). The van der Waals surface area contributed by atoms with Crippen molar-refractivity contribution in [2.45, 2.75) is 0 Å². The molecule has 3 N–H and O–H groups in total. The fraction of sp³-hybridized carbons (Fsp3) is 0. The second kappa shape index (κ2) is 3.86. The fourth-order valence-electron chi connectivity index (χ4n) is 0.782. The smallest absolute Gasteiger partial charge is 0.337 e. The van der Waals surface area contributed by atoms with Gasteiger partial charge in [0.25, 0.3) is 0 Å². The van der Waals surface area contributed by atoms with Gasteiger partial charge in [-0.3, -0.25) is 4.79 Å². The fourth-order valence-corrected chi connectivity index (χ4v) is 1.57. The van der Waals surface area contributed by atoms with E-state index in [1.165, 1.54) is 22.8 Å². The van der Waals surface area contributed by atoms with E-state index in [1.54, 1.807) is 5.38 Å². The lowest BCUT2D eigenvalue weighted by molar-refractivity contribution is -0.113. The van der Waals surface area contributed by atoms with E-state index in [2.05, 4.69) is 0 Å². The number of thiophene rings is 1. The van der Waals surface area contributed by atoms with Crippen LogP contribution < -0.4 is 5.73 Å². The highest BCUT2D eigenvalue weighted by Gasteiger charge is 2.07. The highest BCUT2D eigenvalue weighted by Crippen LogP contribution is 2.16. The maximum Gasteiger partial charge on any atom is 0.337 e. The van der Waals surface area contributed by atoms with Crippen molar-refractivity contribution in [3.8, 4) is 0 Å². The van der Waals surface area contributed by atoms with Crippen LogP contribution in [-0.4, -0.2) is 17.0 Å². The van der Waals surface area contributed by atoms with Crippen molar-refractivity contribution in [1.29, 1.82) is 0 Å². The zero-order chi connectivity index (χ0) is 9.84. The minimum atomic E-state index is -1.01. The average molecular weight is 197 g/mol. The number of carboxylic acid groups (broad SMARTS) is 1. The van der Waals surface area contributed by atoms with Crippen molar-refractivity contribution in [2.24, 2.45) is 5.73 Å². The number of nitrogens with two attached hydrogens (primary N) is 1. The number of carbonyl (C=O) groups is 2. The molecule has 68 valence electrons. The van der Waals surface area contributed by atoms with E-state index in [0.29, 0.717) is 5.56 Å². The zero-order valence-corrected chi connectivity index (χ0v) is 7.38. The number of hydrogen-bond donors (Lipinski definition) is 2. The molecule has 1 heterocycles. The van der Waals surface area contributed by atoms with Gasteiger partial charge in [0.05, 0.1) is 5.56 Å². The average Bonchev–Trinajstić information content (AvgIpc) is 2.47. The lowest BCUT2D eigenvalue weighted by Crippen LogP contribution is -2.05. The third kappa shape index (κ3) is 2.41. The first-order chi connectivity index (χ1) is 6.11. The third-order valence-electron chi connectivity index (χ3n) is 1.35. The Morgan fingerprint density at radius 3 is 2.69 bits per heavy atom. The summed E-state index contributed by atoms with van der Waals surface area (Å²) in [7, 11) is 0. The van der Waals surface area contributed by atoms with Crippen LogP contribution in [0.4, 0.5) is 0 Å². The van der Waals surface area contributed by atoms with Gasteiger partial charge in [-0.05, 0) is 17.0 Å². The second-order valence-electron chi connectivity index (χ2n) is 2.28. The van der Waals surface area contributed by atoms with Crippen LogP contribution in [0.1, 0.15) is 15.9 Å². The van der Waals surface area contributed by atoms with Crippen molar-refractivity contribution < 1.29 is 14.7 Å². The molecule has 0 unspecified atom stereocenters. The molecule has 1 aromatic rings. The molecule has 0 fully saturated rings. The van der Waals surface area contributed by atoms with E-state index in [1.807, 2.05) is 0 Å². The standard InChI is InChI=1S/C8H7NO3S/c9-7(10)2-1-5-3-13-4-6(5)8(11)12/h1-4H,(H2,9,10)(H,11,12). The first-order valence-corrected chi connectivity index (χ1v) is 4.32. The Hall–Kier alpha value is -1.62. The quantitative estimate of drug-likeness (QED) is 0.708. The van der Waals surface area contributed by atoms with E-state index < -0.39 is 11.9 Å². The van der Waals surface area contributed by atoms with Gasteiger partial charge in [-0.25, -0.2) is 4.79 Å². The Bertz CT molecular complexity index is 367. The molecule has 0 radical (unpaired) electrons. The topological polar surface area (TPSA) is 80.4 Å². The highest BCUT2D eigenvalue weighted by molar-refractivity contribution is 7.08. The van der Waals surface area contributed by atoms with Crippen molar-refractivity contribution >= 4 is 29.3 Å². The van der Waals surface area contributed by atoms with E-state index in [9.17, 15) is 9.59 Å². The summed E-state index contributed by atoms with van der Waals surface area (Å²) in [4.78, 5) is 21.0. The lowest BCUT2D eigenvalue weighted by atomic mass is 10.2. The van der Waals surface area contributed by atoms with Crippen molar-refractivity contribution in [3.63, 3.8) is 0 Å². The van der Waals surface area contributed by atoms with Crippen LogP contribution in [0.2, 0.25) is 0 Å². The Kier molecular flexibility index (Phi) is 2.81. The summed E-state index contributed by atoms with van der Waals surface area (Å²) in [5, 5.41) is 11.8. The molecule has 1 aromatic heterocycles. The minimum absolute atomic E-state index is 0.183. The third-order valence-corrected chi connectivity index (χ3v) is 2.11. The van der Waals surface area contributed by atoms with Crippen LogP contribution in [0, 0.1) is 0 Å².